The maximum Gasteiger partial charge on any atom is 0.220 e. The fourth-order valence-electron chi connectivity index (χ4n) is 1.36. The van der Waals surface area contributed by atoms with Crippen molar-refractivity contribution in [3.05, 3.63) is 34.9 Å². The zero-order valence-electron chi connectivity index (χ0n) is 9.03. The smallest absolute Gasteiger partial charge is 0.220 e. The topological polar surface area (TPSA) is 42.2 Å². The van der Waals surface area contributed by atoms with E-state index in [-0.39, 0.29) is 5.91 Å². The van der Waals surface area contributed by atoms with Gasteiger partial charge >= 0.3 is 0 Å². The maximum absolute atomic E-state index is 11.1. The standard InChI is InChI=1S/C12H13NO2S/c1-2-12(14)13-6-11-5-10(8-16-11)9-3-4-15-7-9/h3-5,7-8H,2,6H2,1H3,(H,13,14). The van der Waals surface area contributed by atoms with Crippen molar-refractivity contribution in [3.63, 3.8) is 0 Å². The predicted molar refractivity (Wildman–Crippen MR) is 64.2 cm³/mol. The highest BCUT2D eigenvalue weighted by Gasteiger charge is 2.04. The second kappa shape index (κ2) is 4.99. The zero-order chi connectivity index (χ0) is 11.4. The molecule has 0 aliphatic rings. The molecule has 2 aromatic heterocycles. The lowest BCUT2D eigenvalue weighted by Gasteiger charge is -1.99. The molecule has 0 saturated heterocycles. The summed E-state index contributed by atoms with van der Waals surface area (Å²) in [5.41, 5.74) is 2.21. The number of hydrogen-bond donors (Lipinski definition) is 1. The fraction of sp³-hybridized carbons (Fsp3) is 0.250. The van der Waals surface area contributed by atoms with E-state index in [1.54, 1.807) is 23.9 Å². The van der Waals surface area contributed by atoms with Gasteiger partial charge < -0.3 is 9.73 Å². The van der Waals surface area contributed by atoms with E-state index in [2.05, 4.69) is 16.8 Å². The minimum atomic E-state index is 0.0817. The quantitative estimate of drug-likeness (QED) is 0.885. The van der Waals surface area contributed by atoms with Gasteiger partial charge in [-0.05, 0) is 23.1 Å². The van der Waals surface area contributed by atoms with Crippen LogP contribution in [-0.4, -0.2) is 5.91 Å². The summed E-state index contributed by atoms with van der Waals surface area (Å²) in [5.74, 6) is 0.0817. The van der Waals surface area contributed by atoms with Crippen LogP contribution in [0.4, 0.5) is 0 Å². The van der Waals surface area contributed by atoms with Crippen molar-refractivity contribution in [2.24, 2.45) is 0 Å². The molecule has 2 heterocycles. The third kappa shape index (κ3) is 2.52. The number of nitrogens with one attached hydrogen (secondary N) is 1. The second-order valence-electron chi connectivity index (χ2n) is 3.44. The van der Waals surface area contributed by atoms with Gasteiger partial charge in [-0.3, -0.25) is 4.79 Å². The van der Waals surface area contributed by atoms with Crippen molar-refractivity contribution < 1.29 is 9.21 Å². The average molecular weight is 235 g/mol. The number of carbonyl (C=O) groups excluding carboxylic acids is 1. The number of rotatable bonds is 4. The number of furan rings is 1. The van der Waals surface area contributed by atoms with Gasteiger partial charge in [0.25, 0.3) is 0 Å². The minimum Gasteiger partial charge on any atom is -0.472 e. The van der Waals surface area contributed by atoms with Gasteiger partial charge in [-0.2, -0.15) is 0 Å². The Bertz CT molecular complexity index is 459. The molecule has 0 spiro atoms. The second-order valence-corrected chi connectivity index (χ2v) is 4.44. The van der Waals surface area contributed by atoms with Gasteiger partial charge in [-0.25, -0.2) is 0 Å². The van der Waals surface area contributed by atoms with Gasteiger partial charge in [0, 0.05) is 16.9 Å². The summed E-state index contributed by atoms with van der Waals surface area (Å²) in [6.45, 7) is 2.45. The van der Waals surface area contributed by atoms with Gasteiger partial charge in [0.05, 0.1) is 19.1 Å². The van der Waals surface area contributed by atoms with Crippen LogP contribution in [0.25, 0.3) is 11.1 Å². The molecule has 1 N–H and O–H groups in total. The highest BCUT2D eigenvalue weighted by atomic mass is 32.1. The summed E-state index contributed by atoms with van der Waals surface area (Å²) in [7, 11) is 0. The van der Waals surface area contributed by atoms with E-state index in [9.17, 15) is 4.79 Å². The molecule has 0 aliphatic heterocycles. The molecule has 0 saturated carbocycles. The Morgan fingerprint density at radius 2 is 2.38 bits per heavy atom. The van der Waals surface area contributed by atoms with E-state index >= 15 is 0 Å². The molecule has 16 heavy (non-hydrogen) atoms. The lowest BCUT2D eigenvalue weighted by Crippen LogP contribution is -2.20. The van der Waals surface area contributed by atoms with Crippen molar-refractivity contribution in [1.29, 1.82) is 0 Å². The Kier molecular flexibility index (Phi) is 3.41. The highest BCUT2D eigenvalue weighted by Crippen LogP contribution is 2.25. The molecule has 0 radical (unpaired) electrons. The van der Waals surface area contributed by atoms with E-state index < -0.39 is 0 Å². The van der Waals surface area contributed by atoms with Crippen molar-refractivity contribution >= 4 is 17.2 Å². The first-order valence-corrected chi connectivity index (χ1v) is 6.04. The Hall–Kier alpha value is -1.55. The van der Waals surface area contributed by atoms with E-state index in [0.29, 0.717) is 13.0 Å². The summed E-state index contributed by atoms with van der Waals surface area (Å²) >= 11 is 1.64. The molecule has 0 bridgehead atoms. The van der Waals surface area contributed by atoms with E-state index in [0.717, 1.165) is 16.0 Å². The third-order valence-electron chi connectivity index (χ3n) is 2.29. The van der Waals surface area contributed by atoms with Gasteiger partial charge in [0.2, 0.25) is 5.91 Å². The molecule has 3 nitrogen and oxygen atoms in total. The van der Waals surface area contributed by atoms with Crippen molar-refractivity contribution in [2.75, 3.05) is 0 Å². The third-order valence-corrected chi connectivity index (χ3v) is 3.23. The highest BCUT2D eigenvalue weighted by molar-refractivity contribution is 7.10. The maximum atomic E-state index is 11.1. The average Bonchev–Trinajstić information content (AvgIpc) is 2.95. The Balaban J connectivity index is 2.00. The molecule has 0 atom stereocenters. The van der Waals surface area contributed by atoms with Gasteiger partial charge in [0.15, 0.2) is 0 Å². The summed E-state index contributed by atoms with van der Waals surface area (Å²) in [6, 6.07) is 4.00. The van der Waals surface area contributed by atoms with E-state index in [1.165, 1.54) is 0 Å². The molecular weight excluding hydrogens is 222 g/mol. The molecule has 0 aliphatic carbocycles. The summed E-state index contributed by atoms with van der Waals surface area (Å²) in [4.78, 5) is 12.3. The van der Waals surface area contributed by atoms with Crippen LogP contribution in [0.3, 0.4) is 0 Å². The van der Waals surface area contributed by atoms with Crippen molar-refractivity contribution in [3.8, 4) is 11.1 Å². The first kappa shape index (κ1) is 11.0. The minimum absolute atomic E-state index is 0.0817. The predicted octanol–water partition coefficient (Wildman–Crippen LogP) is 3.03. The van der Waals surface area contributed by atoms with Gasteiger partial charge in [0.1, 0.15) is 0 Å². The van der Waals surface area contributed by atoms with Crippen LogP contribution in [0.15, 0.2) is 34.5 Å². The molecular formula is C12H13NO2S. The molecule has 0 aromatic carbocycles. The molecule has 0 fully saturated rings. The van der Waals surface area contributed by atoms with Crippen LogP contribution >= 0.6 is 11.3 Å². The fourth-order valence-corrected chi connectivity index (χ4v) is 2.20. The Morgan fingerprint density at radius 1 is 1.50 bits per heavy atom. The van der Waals surface area contributed by atoms with Crippen LogP contribution in [0.1, 0.15) is 18.2 Å². The van der Waals surface area contributed by atoms with Crippen LogP contribution in [0.2, 0.25) is 0 Å². The zero-order valence-corrected chi connectivity index (χ0v) is 9.84. The number of amides is 1. The van der Waals surface area contributed by atoms with Crippen LogP contribution in [-0.2, 0) is 11.3 Å². The van der Waals surface area contributed by atoms with Gasteiger partial charge in [-0.1, -0.05) is 6.92 Å². The van der Waals surface area contributed by atoms with Crippen LogP contribution in [0, 0.1) is 0 Å². The number of carbonyl (C=O) groups is 1. The lowest BCUT2D eigenvalue weighted by molar-refractivity contribution is -0.120. The number of hydrogen-bond acceptors (Lipinski definition) is 3. The molecule has 2 aromatic rings. The van der Waals surface area contributed by atoms with E-state index in [4.69, 9.17) is 4.42 Å². The Morgan fingerprint density at radius 3 is 3.06 bits per heavy atom. The van der Waals surface area contributed by atoms with Crippen LogP contribution < -0.4 is 5.32 Å². The first-order chi connectivity index (χ1) is 7.79. The van der Waals surface area contributed by atoms with Crippen molar-refractivity contribution in [2.45, 2.75) is 19.9 Å². The SMILES string of the molecule is CCC(=O)NCc1cc(-c2ccoc2)cs1. The summed E-state index contributed by atoms with van der Waals surface area (Å²) in [5, 5.41) is 4.92. The van der Waals surface area contributed by atoms with E-state index in [1.807, 2.05) is 13.0 Å². The Labute approximate surface area is 98.1 Å². The largest absolute Gasteiger partial charge is 0.472 e. The molecule has 0 unspecified atom stereocenters. The normalized spacial score (nSPS) is 10.3. The first-order valence-electron chi connectivity index (χ1n) is 5.16. The monoisotopic (exact) mass is 235 g/mol. The van der Waals surface area contributed by atoms with Gasteiger partial charge in [-0.15, -0.1) is 11.3 Å². The van der Waals surface area contributed by atoms with Crippen LogP contribution in [0.5, 0.6) is 0 Å². The summed E-state index contributed by atoms with van der Waals surface area (Å²) in [6.07, 6.45) is 3.90. The lowest BCUT2D eigenvalue weighted by atomic mass is 10.2. The van der Waals surface area contributed by atoms with Crippen molar-refractivity contribution in [1.82, 2.24) is 5.32 Å². The molecule has 4 heteroatoms. The molecule has 84 valence electrons. The number of thiophene rings is 1. The molecule has 2 rings (SSSR count). The summed E-state index contributed by atoms with van der Waals surface area (Å²) < 4.78 is 5.03. The molecule has 1 amide bonds.